The van der Waals surface area contributed by atoms with Gasteiger partial charge in [-0.1, -0.05) is 0 Å². The first-order valence-corrected chi connectivity index (χ1v) is 7.53. The van der Waals surface area contributed by atoms with Crippen LogP contribution in [0.2, 0.25) is 0 Å². The quantitative estimate of drug-likeness (QED) is 0.595. The Morgan fingerprint density at radius 2 is 2.00 bits per heavy atom. The molecule has 0 spiro atoms. The Hall–Kier alpha value is -0.625. The van der Waals surface area contributed by atoms with Crippen molar-refractivity contribution in [1.29, 1.82) is 0 Å². The molecular weight excluding hydrogens is 259 g/mol. The van der Waals surface area contributed by atoms with Crippen LogP contribution in [0.1, 0.15) is 38.5 Å². The standard InChI is InChI=1S/C13H25BN2O4/c1-20-11-6-4-10(5-7-11)15-9-13(17)16-8-2-3-12(16)14(18)19/h10-12,15,18-19H,2-9H2,1H3/t10?,11?,12-/m0/s1. The van der Waals surface area contributed by atoms with Gasteiger partial charge in [0, 0.05) is 19.7 Å². The Balaban J connectivity index is 1.72. The van der Waals surface area contributed by atoms with Gasteiger partial charge in [0.05, 0.1) is 18.6 Å². The molecule has 1 saturated carbocycles. The molecule has 1 aliphatic carbocycles. The number of carbonyl (C=O) groups is 1. The van der Waals surface area contributed by atoms with Crippen molar-refractivity contribution in [3.05, 3.63) is 0 Å². The average Bonchev–Trinajstić information content (AvgIpc) is 2.95. The first-order chi connectivity index (χ1) is 9.61. The number of hydrogen-bond acceptors (Lipinski definition) is 5. The van der Waals surface area contributed by atoms with E-state index in [2.05, 4.69) is 5.32 Å². The van der Waals surface area contributed by atoms with E-state index in [0.717, 1.165) is 32.1 Å². The van der Waals surface area contributed by atoms with E-state index < -0.39 is 13.1 Å². The zero-order valence-electron chi connectivity index (χ0n) is 12.1. The molecule has 0 aromatic heterocycles. The normalized spacial score (nSPS) is 30.6. The predicted molar refractivity (Wildman–Crippen MR) is 76.0 cm³/mol. The highest BCUT2D eigenvalue weighted by Crippen LogP contribution is 2.21. The molecule has 0 unspecified atom stereocenters. The van der Waals surface area contributed by atoms with Crippen molar-refractivity contribution in [2.45, 2.75) is 56.6 Å². The van der Waals surface area contributed by atoms with Gasteiger partial charge in [-0.2, -0.15) is 0 Å². The van der Waals surface area contributed by atoms with Crippen LogP contribution in [0.25, 0.3) is 0 Å². The van der Waals surface area contributed by atoms with Crippen LogP contribution in [0.5, 0.6) is 0 Å². The van der Waals surface area contributed by atoms with E-state index in [1.165, 1.54) is 0 Å². The van der Waals surface area contributed by atoms with E-state index in [9.17, 15) is 14.8 Å². The van der Waals surface area contributed by atoms with Gasteiger partial charge in [-0.15, -0.1) is 0 Å². The van der Waals surface area contributed by atoms with Gasteiger partial charge in [0.25, 0.3) is 0 Å². The number of amides is 1. The second kappa shape index (κ2) is 7.40. The molecule has 1 saturated heterocycles. The van der Waals surface area contributed by atoms with Crippen molar-refractivity contribution >= 4 is 13.0 Å². The number of ether oxygens (including phenoxy) is 1. The summed E-state index contributed by atoms with van der Waals surface area (Å²) in [7, 11) is 0.314. The van der Waals surface area contributed by atoms with Gasteiger partial charge >= 0.3 is 7.12 Å². The summed E-state index contributed by atoms with van der Waals surface area (Å²) >= 11 is 0. The van der Waals surface area contributed by atoms with E-state index in [1.54, 1.807) is 12.0 Å². The lowest BCUT2D eigenvalue weighted by molar-refractivity contribution is -0.130. The molecule has 1 atom stereocenters. The maximum absolute atomic E-state index is 12.1. The van der Waals surface area contributed by atoms with E-state index in [4.69, 9.17) is 4.74 Å². The van der Waals surface area contributed by atoms with Gasteiger partial charge in [0.15, 0.2) is 0 Å². The van der Waals surface area contributed by atoms with Crippen LogP contribution in [0, 0.1) is 0 Å². The van der Waals surface area contributed by atoms with E-state index in [1.807, 2.05) is 0 Å². The molecule has 3 N–H and O–H groups in total. The summed E-state index contributed by atoms with van der Waals surface area (Å²) in [5.74, 6) is -0.469. The summed E-state index contributed by atoms with van der Waals surface area (Å²) in [4.78, 5) is 13.7. The molecular formula is C13H25BN2O4. The molecule has 0 radical (unpaired) electrons. The summed E-state index contributed by atoms with van der Waals surface area (Å²) in [5, 5.41) is 21.8. The Labute approximate surface area is 120 Å². The molecule has 1 heterocycles. The molecule has 20 heavy (non-hydrogen) atoms. The lowest BCUT2D eigenvalue weighted by atomic mass is 9.78. The van der Waals surface area contributed by atoms with Crippen LogP contribution in [0.3, 0.4) is 0 Å². The minimum Gasteiger partial charge on any atom is -0.426 e. The van der Waals surface area contributed by atoms with Crippen LogP contribution in [0.4, 0.5) is 0 Å². The second-order valence-electron chi connectivity index (χ2n) is 5.80. The summed E-state index contributed by atoms with van der Waals surface area (Å²) in [6.45, 7) is 0.907. The summed E-state index contributed by atoms with van der Waals surface area (Å²) in [6, 6.07) is 0.366. The van der Waals surface area contributed by atoms with Crippen molar-refractivity contribution in [1.82, 2.24) is 10.2 Å². The monoisotopic (exact) mass is 284 g/mol. The molecule has 0 bridgehead atoms. The van der Waals surface area contributed by atoms with Crippen molar-refractivity contribution in [2.75, 3.05) is 20.2 Å². The van der Waals surface area contributed by atoms with Gasteiger partial charge in [-0.3, -0.25) is 4.79 Å². The number of hydrogen-bond donors (Lipinski definition) is 3. The predicted octanol–water partition coefficient (Wildman–Crippen LogP) is -0.463. The topological polar surface area (TPSA) is 82.0 Å². The Kier molecular flexibility index (Phi) is 5.83. The molecule has 2 rings (SSSR count). The first kappa shape index (κ1) is 15.8. The molecule has 1 amide bonds. The lowest BCUT2D eigenvalue weighted by Crippen LogP contribution is -2.49. The van der Waals surface area contributed by atoms with Gasteiger partial charge in [0.1, 0.15) is 0 Å². The highest BCUT2D eigenvalue weighted by atomic mass is 16.5. The molecule has 0 aromatic carbocycles. The van der Waals surface area contributed by atoms with Crippen molar-refractivity contribution in [2.24, 2.45) is 0 Å². The summed E-state index contributed by atoms with van der Waals surface area (Å²) in [6.07, 6.45) is 5.98. The number of rotatable bonds is 5. The van der Waals surface area contributed by atoms with Crippen molar-refractivity contribution < 1.29 is 19.6 Å². The molecule has 2 fully saturated rings. The fraction of sp³-hybridized carbons (Fsp3) is 0.923. The Morgan fingerprint density at radius 1 is 1.30 bits per heavy atom. The summed E-state index contributed by atoms with van der Waals surface area (Å²) in [5.41, 5.74) is 0. The number of carbonyl (C=O) groups excluding carboxylic acids is 1. The van der Waals surface area contributed by atoms with Gasteiger partial charge in [-0.25, -0.2) is 0 Å². The molecule has 6 nitrogen and oxygen atoms in total. The van der Waals surface area contributed by atoms with Crippen LogP contribution in [-0.2, 0) is 9.53 Å². The van der Waals surface area contributed by atoms with E-state index in [-0.39, 0.29) is 12.5 Å². The molecule has 114 valence electrons. The minimum atomic E-state index is -1.43. The molecule has 2 aliphatic rings. The van der Waals surface area contributed by atoms with Crippen LogP contribution in [-0.4, -0.2) is 66.3 Å². The molecule has 0 aromatic rings. The third kappa shape index (κ3) is 3.94. The van der Waals surface area contributed by atoms with Gasteiger partial charge in [-0.05, 0) is 38.5 Å². The zero-order chi connectivity index (χ0) is 14.5. The molecule has 1 aliphatic heterocycles. The first-order valence-electron chi connectivity index (χ1n) is 7.53. The maximum atomic E-state index is 12.1. The highest BCUT2D eigenvalue weighted by Gasteiger charge is 2.36. The number of methoxy groups -OCH3 is 1. The second-order valence-corrected chi connectivity index (χ2v) is 5.80. The molecule has 7 heteroatoms. The smallest absolute Gasteiger partial charge is 0.426 e. The third-order valence-electron chi connectivity index (χ3n) is 4.51. The fourth-order valence-electron chi connectivity index (χ4n) is 3.25. The number of likely N-dealkylation sites (tertiary alicyclic amines) is 1. The third-order valence-corrected chi connectivity index (χ3v) is 4.51. The van der Waals surface area contributed by atoms with Gasteiger partial charge in [0.2, 0.25) is 5.91 Å². The Bertz CT molecular complexity index is 321. The van der Waals surface area contributed by atoms with Gasteiger partial charge < -0.3 is 25.0 Å². The highest BCUT2D eigenvalue weighted by molar-refractivity contribution is 6.43. The minimum absolute atomic E-state index is 0.0329. The fourth-order valence-corrected chi connectivity index (χ4v) is 3.25. The lowest BCUT2D eigenvalue weighted by Gasteiger charge is -2.29. The SMILES string of the molecule is COC1CCC(NCC(=O)N2CCC[C@H]2B(O)O)CC1. The Morgan fingerprint density at radius 3 is 2.60 bits per heavy atom. The van der Waals surface area contributed by atoms with Crippen molar-refractivity contribution in [3.8, 4) is 0 Å². The average molecular weight is 284 g/mol. The van der Waals surface area contributed by atoms with Crippen LogP contribution in [0.15, 0.2) is 0 Å². The van der Waals surface area contributed by atoms with E-state index >= 15 is 0 Å². The maximum Gasteiger partial charge on any atom is 0.475 e. The summed E-state index contributed by atoms with van der Waals surface area (Å²) < 4.78 is 5.33. The van der Waals surface area contributed by atoms with E-state index in [0.29, 0.717) is 25.1 Å². The number of nitrogens with one attached hydrogen (secondary N) is 1. The zero-order valence-corrected chi connectivity index (χ0v) is 12.1. The van der Waals surface area contributed by atoms with Crippen LogP contribution >= 0.6 is 0 Å². The van der Waals surface area contributed by atoms with Crippen LogP contribution < -0.4 is 5.32 Å². The largest absolute Gasteiger partial charge is 0.475 e. The number of nitrogens with zero attached hydrogens (tertiary/aromatic N) is 1. The van der Waals surface area contributed by atoms with Crippen molar-refractivity contribution in [3.63, 3.8) is 0 Å².